The second kappa shape index (κ2) is 6.20. The quantitative estimate of drug-likeness (QED) is 0.841. The topological polar surface area (TPSA) is 74.6 Å². The molecule has 24 heavy (non-hydrogen) atoms. The third-order valence-corrected chi connectivity index (χ3v) is 5.24. The third-order valence-electron chi connectivity index (χ3n) is 4.32. The molecule has 2 N–H and O–H groups in total. The first-order valence-electron chi connectivity index (χ1n) is 8.07. The molecule has 1 saturated carbocycles. The summed E-state index contributed by atoms with van der Waals surface area (Å²) in [6.07, 6.45) is 8.20. The van der Waals surface area contributed by atoms with Gasteiger partial charge in [0.2, 0.25) is 5.88 Å². The van der Waals surface area contributed by atoms with Crippen molar-refractivity contribution in [2.75, 3.05) is 5.32 Å². The van der Waals surface area contributed by atoms with E-state index in [4.69, 9.17) is 0 Å². The van der Waals surface area contributed by atoms with E-state index in [1.165, 1.54) is 24.2 Å². The van der Waals surface area contributed by atoms with E-state index in [2.05, 4.69) is 15.3 Å². The fourth-order valence-corrected chi connectivity index (χ4v) is 3.97. The van der Waals surface area contributed by atoms with E-state index in [1.807, 2.05) is 24.3 Å². The maximum atomic E-state index is 12.2. The van der Waals surface area contributed by atoms with Gasteiger partial charge in [0.1, 0.15) is 0 Å². The Bertz CT molecular complexity index is 939. The van der Waals surface area contributed by atoms with E-state index in [0.29, 0.717) is 27.0 Å². The second-order valence-corrected chi connectivity index (χ2v) is 7.08. The lowest BCUT2D eigenvalue weighted by molar-refractivity contribution is -0.114. The van der Waals surface area contributed by atoms with Gasteiger partial charge in [0, 0.05) is 16.8 Å². The van der Waals surface area contributed by atoms with Gasteiger partial charge in [0.05, 0.1) is 10.2 Å². The number of hydrogen-bond donors (Lipinski definition) is 2. The molecule has 1 aromatic heterocycles. The van der Waals surface area contributed by atoms with Gasteiger partial charge in [0.15, 0.2) is 5.13 Å². The fourth-order valence-electron chi connectivity index (χ4n) is 3.08. The van der Waals surface area contributed by atoms with Gasteiger partial charge >= 0.3 is 0 Å². The number of thiazole rings is 1. The molecule has 1 aromatic carbocycles. The summed E-state index contributed by atoms with van der Waals surface area (Å²) in [5, 5.41) is 15.7. The third kappa shape index (κ3) is 2.97. The molecule has 0 spiro atoms. The van der Waals surface area contributed by atoms with Gasteiger partial charge < -0.3 is 10.4 Å². The monoisotopic (exact) mass is 339 g/mol. The maximum Gasteiger partial charge on any atom is 0.277 e. The number of carbonyl (C=O) groups excluding carboxylic acids is 1. The van der Waals surface area contributed by atoms with Crippen LogP contribution in [0.1, 0.15) is 30.6 Å². The molecule has 1 amide bonds. The predicted octanol–water partition coefficient (Wildman–Crippen LogP) is 2.23. The highest BCUT2D eigenvalue weighted by Gasteiger charge is 2.18. The first-order chi connectivity index (χ1) is 11.7. The highest BCUT2D eigenvalue weighted by atomic mass is 32.1. The lowest BCUT2D eigenvalue weighted by atomic mass is 10.1. The number of carbonyl (C=O) groups is 1. The van der Waals surface area contributed by atoms with Crippen molar-refractivity contribution in [1.29, 1.82) is 0 Å². The first-order valence-corrected chi connectivity index (χ1v) is 8.88. The Balaban J connectivity index is 1.64. The summed E-state index contributed by atoms with van der Waals surface area (Å²) in [5.74, 6) is -0.347. The van der Waals surface area contributed by atoms with Crippen molar-refractivity contribution in [3.63, 3.8) is 0 Å². The van der Waals surface area contributed by atoms with Crippen LogP contribution in [0.25, 0.3) is 12.2 Å². The molecule has 2 heterocycles. The molecule has 0 atom stereocenters. The van der Waals surface area contributed by atoms with Gasteiger partial charge in [-0.25, -0.2) is 4.99 Å². The number of amides is 1. The molecule has 1 aliphatic heterocycles. The Hall–Kier alpha value is -2.47. The van der Waals surface area contributed by atoms with Crippen LogP contribution in [0.3, 0.4) is 0 Å². The first kappa shape index (κ1) is 15.1. The lowest BCUT2D eigenvalue weighted by Crippen LogP contribution is -2.29. The number of fused-ring (bicyclic) bond motifs is 1. The van der Waals surface area contributed by atoms with Gasteiger partial charge in [-0.2, -0.15) is 4.98 Å². The highest BCUT2D eigenvalue weighted by Crippen LogP contribution is 2.32. The maximum absolute atomic E-state index is 12.2. The SMILES string of the molecule is O=C1N=c2ccccc2=CC1=Cc1sc(NC2CCCC2)nc1O. The van der Waals surface area contributed by atoms with Crippen molar-refractivity contribution in [1.82, 2.24) is 4.98 Å². The molecule has 0 saturated heterocycles. The molecule has 0 bridgehead atoms. The van der Waals surface area contributed by atoms with Crippen LogP contribution >= 0.6 is 11.3 Å². The van der Waals surface area contributed by atoms with Gasteiger partial charge in [-0.05, 0) is 31.1 Å². The Morgan fingerprint density at radius 1 is 1.25 bits per heavy atom. The number of rotatable bonds is 3. The van der Waals surface area contributed by atoms with Crippen LogP contribution in [0.5, 0.6) is 5.88 Å². The van der Waals surface area contributed by atoms with E-state index < -0.39 is 0 Å². The number of aromatic hydroxyl groups is 1. The number of nitrogens with one attached hydrogen (secondary N) is 1. The zero-order valence-electron chi connectivity index (χ0n) is 13.0. The van der Waals surface area contributed by atoms with Gasteiger partial charge in [-0.3, -0.25) is 4.79 Å². The van der Waals surface area contributed by atoms with Crippen molar-refractivity contribution in [3.8, 4) is 5.88 Å². The van der Waals surface area contributed by atoms with Crippen LogP contribution in [0, 0.1) is 0 Å². The Labute approximate surface area is 143 Å². The number of para-hydroxylation sites is 1. The highest BCUT2D eigenvalue weighted by molar-refractivity contribution is 7.16. The van der Waals surface area contributed by atoms with E-state index >= 15 is 0 Å². The fraction of sp³-hybridized carbons (Fsp3) is 0.278. The van der Waals surface area contributed by atoms with Crippen LogP contribution in [0.4, 0.5) is 5.13 Å². The molecule has 122 valence electrons. The molecule has 4 rings (SSSR count). The zero-order valence-corrected chi connectivity index (χ0v) is 13.8. The molecule has 2 aromatic rings. The van der Waals surface area contributed by atoms with Crippen molar-refractivity contribution in [2.45, 2.75) is 31.7 Å². The minimum absolute atomic E-state index is 0.0481. The Kier molecular flexibility index (Phi) is 3.90. The standard InChI is InChI=1S/C18H17N3O2S/c22-16-12(9-11-5-1-4-8-14(11)20-16)10-15-17(23)21-18(24-15)19-13-6-2-3-7-13/h1,4-5,8-10,13,23H,2-3,6-7H2,(H,19,21). The zero-order chi connectivity index (χ0) is 16.5. The van der Waals surface area contributed by atoms with Crippen LogP contribution in [-0.4, -0.2) is 22.0 Å². The molecular weight excluding hydrogens is 322 g/mol. The molecular formula is C18H17N3O2S. The number of benzene rings is 1. The predicted molar refractivity (Wildman–Crippen MR) is 94.3 cm³/mol. The Morgan fingerprint density at radius 3 is 2.88 bits per heavy atom. The average Bonchev–Trinajstić information content (AvgIpc) is 3.19. The van der Waals surface area contributed by atoms with E-state index in [9.17, 15) is 9.90 Å². The van der Waals surface area contributed by atoms with Gasteiger partial charge in [-0.1, -0.05) is 42.4 Å². The number of nitrogens with zero attached hydrogens (tertiary/aromatic N) is 2. The van der Waals surface area contributed by atoms with Crippen molar-refractivity contribution in [2.24, 2.45) is 4.99 Å². The average molecular weight is 339 g/mol. The Morgan fingerprint density at radius 2 is 2.04 bits per heavy atom. The summed E-state index contributed by atoms with van der Waals surface area (Å²) in [6.45, 7) is 0. The summed E-state index contributed by atoms with van der Waals surface area (Å²) in [7, 11) is 0. The van der Waals surface area contributed by atoms with Crippen LogP contribution < -0.4 is 15.9 Å². The van der Waals surface area contributed by atoms with E-state index in [1.54, 1.807) is 12.2 Å². The molecule has 1 aliphatic carbocycles. The minimum Gasteiger partial charge on any atom is -0.492 e. The molecule has 0 unspecified atom stereocenters. The van der Waals surface area contributed by atoms with Gasteiger partial charge in [0.25, 0.3) is 5.91 Å². The van der Waals surface area contributed by atoms with Crippen LogP contribution in [-0.2, 0) is 4.79 Å². The molecule has 2 aliphatic rings. The lowest BCUT2D eigenvalue weighted by Gasteiger charge is -2.09. The second-order valence-electron chi connectivity index (χ2n) is 6.05. The van der Waals surface area contributed by atoms with Crippen molar-refractivity contribution < 1.29 is 9.90 Å². The summed E-state index contributed by atoms with van der Waals surface area (Å²) in [4.78, 5) is 21.0. The largest absolute Gasteiger partial charge is 0.492 e. The van der Waals surface area contributed by atoms with Crippen molar-refractivity contribution in [3.05, 3.63) is 45.3 Å². The summed E-state index contributed by atoms with van der Waals surface area (Å²) < 4.78 is 0. The van der Waals surface area contributed by atoms with Crippen molar-refractivity contribution >= 4 is 34.5 Å². The minimum atomic E-state index is -0.299. The number of aromatic nitrogens is 1. The number of hydrogen-bond acceptors (Lipinski definition) is 5. The molecule has 1 fully saturated rings. The summed E-state index contributed by atoms with van der Waals surface area (Å²) in [5.41, 5.74) is 0.458. The smallest absolute Gasteiger partial charge is 0.277 e. The summed E-state index contributed by atoms with van der Waals surface area (Å²) in [6, 6.07) is 7.92. The van der Waals surface area contributed by atoms with E-state index in [0.717, 1.165) is 18.1 Å². The van der Waals surface area contributed by atoms with Crippen LogP contribution in [0.15, 0.2) is 34.8 Å². The normalized spacial score (nSPS) is 19.0. The molecule has 6 heteroatoms. The molecule has 0 radical (unpaired) electrons. The molecule has 5 nitrogen and oxygen atoms in total. The number of anilines is 1. The van der Waals surface area contributed by atoms with Gasteiger partial charge in [-0.15, -0.1) is 0 Å². The van der Waals surface area contributed by atoms with E-state index in [-0.39, 0.29) is 11.8 Å². The summed E-state index contributed by atoms with van der Waals surface area (Å²) >= 11 is 1.36. The van der Waals surface area contributed by atoms with Crippen LogP contribution in [0.2, 0.25) is 0 Å².